The SMILES string of the molecule is Clc1ccc(SCc2cc(-c3cccs3)on2)nc1. The van der Waals surface area contributed by atoms with E-state index in [-0.39, 0.29) is 0 Å². The van der Waals surface area contributed by atoms with Crippen LogP contribution < -0.4 is 0 Å². The lowest BCUT2D eigenvalue weighted by atomic mass is 10.3. The minimum atomic E-state index is 0.644. The summed E-state index contributed by atoms with van der Waals surface area (Å²) in [6.45, 7) is 0. The highest BCUT2D eigenvalue weighted by atomic mass is 35.5. The van der Waals surface area contributed by atoms with E-state index in [0.29, 0.717) is 5.02 Å². The first-order valence-corrected chi connectivity index (χ1v) is 7.79. The number of hydrogen-bond donors (Lipinski definition) is 0. The summed E-state index contributed by atoms with van der Waals surface area (Å²) in [5.74, 6) is 1.54. The zero-order chi connectivity index (χ0) is 13.1. The van der Waals surface area contributed by atoms with E-state index in [2.05, 4.69) is 10.1 Å². The molecule has 0 aliphatic heterocycles. The van der Waals surface area contributed by atoms with Crippen LogP contribution in [0.25, 0.3) is 10.6 Å². The first kappa shape index (κ1) is 12.7. The fourth-order valence-electron chi connectivity index (χ4n) is 1.51. The predicted octanol–water partition coefficient (Wildman–Crippen LogP) is 4.74. The fourth-order valence-corrected chi connectivity index (χ4v) is 3.02. The molecule has 0 aliphatic rings. The quantitative estimate of drug-likeness (QED) is 0.652. The normalized spacial score (nSPS) is 10.8. The summed E-state index contributed by atoms with van der Waals surface area (Å²) in [6, 6.07) is 9.70. The van der Waals surface area contributed by atoms with Crippen molar-refractivity contribution in [2.75, 3.05) is 0 Å². The number of nitrogens with zero attached hydrogens (tertiary/aromatic N) is 2. The fraction of sp³-hybridized carbons (Fsp3) is 0.0769. The van der Waals surface area contributed by atoms with Gasteiger partial charge in [-0.25, -0.2) is 4.98 Å². The van der Waals surface area contributed by atoms with Crippen LogP contribution in [0.1, 0.15) is 5.69 Å². The Labute approximate surface area is 123 Å². The van der Waals surface area contributed by atoms with E-state index in [1.165, 1.54) is 0 Å². The monoisotopic (exact) mass is 308 g/mol. The van der Waals surface area contributed by atoms with Crippen LogP contribution in [0.5, 0.6) is 0 Å². The average molecular weight is 309 g/mol. The molecule has 0 amide bonds. The summed E-state index contributed by atoms with van der Waals surface area (Å²) in [4.78, 5) is 5.32. The molecule has 0 spiro atoms. The van der Waals surface area contributed by atoms with Crippen LogP contribution in [0.15, 0.2) is 51.5 Å². The van der Waals surface area contributed by atoms with Gasteiger partial charge < -0.3 is 4.52 Å². The third-order valence-corrected chi connectivity index (χ3v) is 4.48. The molecule has 0 N–H and O–H groups in total. The van der Waals surface area contributed by atoms with E-state index in [0.717, 1.165) is 27.1 Å². The predicted molar refractivity (Wildman–Crippen MR) is 78.6 cm³/mol. The second-order valence-electron chi connectivity index (χ2n) is 3.76. The van der Waals surface area contributed by atoms with Crippen LogP contribution in [0.2, 0.25) is 5.02 Å². The molecule has 0 bridgehead atoms. The molecular formula is C13H9ClN2OS2. The lowest BCUT2D eigenvalue weighted by Gasteiger charge is -1.97. The van der Waals surface area contributed by atoms with Crippen LogP contribution in [0.3, 0.4) is 0 Å². The van der Waals surface area contributed by atoms with E-state index in [9.17, 15) is 0 Å². The van der Waals surface area contributed by atoms with E-state index in [1.54, 1.807) is 29.3 Å². The molecule has 0 saturated heterocycles. The van der Waals surface area contributed by atoms with Gasteiger partial charge in [0, 0.05) is 18.0 Å². The third-order valence-electron chi connectivity index (χ3n) is 2.39. The van der Waals surface area contributed by atoms with Gasteiger partial charge in [0.05, 0.1) is 20.6 Å². The maximum Gasteiger partial charge on any atom is 0.177 e. The number of aromatic nitrogens is 2. The zero-order valence-electron chi connectivity index (χ0n) is 9.75. The summed E-state index contributed by atoms with van der Waals surface area (Å²) in [5, 5.41) is 7.65. The number of thiophene rings is 1. The lowest BCUT2D eigenvalue weighted by Crippen LogP contribution is -1.82. The van der Waals surface area contributed by atoms with Gasteiger partial charge >= 0.3 is 0 Å². The van der Waals surface area contributed by atoms with Crippen LogP contribution in [-0.4, -0.2) is 10.1 Å². The van der Waals surface area contributed by atoms with Crippen LogP contribution >= 0.6 is 34.7 Å². The zero-order valence-corrected chi connectivity index (χ0v) is 12.1. The minimum Gasteiger partial charge on any atom is -0.355 e. The number of halogens is 1. The Morgan fingerprint density at radius 2 is 2.26 bits per heavy atom. The Bertz CT molecular complexity index is 650. The van der Waals surface area contributed by atoms with Crippen molar-refractivity contribution in [3.63, 3.8) is 0 Å². The van der Waals surface area contributed by atoms with Crippen molar-refractivity contribution in [1.29, 1.82) is 0 Å². The molecular weight excluding hydrogens is 300 g/mol. The van der Waals surface area contributed by atoms with Gasteiger partial charge in [0.15, 0.2) is 5.76 Å². The lowest BCUT2D eigenvalue weighted by molar-refractivity contribution is 0.427. The molecule has 6 heteroatoms. The Morgan fingerprint density at radius 3 is 3.00 bits per heavy atom. The molecule has 0 aliphatic carbocycles. The first-order chi connectivity index (χ1) is 9.31. The maximum absolute atomic E-state index is 5.79. The molecule has 0 unspecified atom stereocenters. The molecule has 3 aromatic heterocycles. The van der Waals surface area contributed by atoms with Gasteiger partial charge in [-0.3, -0.25) is 0 Å². The highest BCUT2D eigenvalue weighted by Gasteiger charge is 2.08. The van der Waals surface area contributed by atoms with Crippen LogP contribution in [0, 0.1) is 0 Å². The summed E-state index contributed by atoms with van der Waals surface area (Å²) in [6.07, 6.45) is 1.64. The second kappa shape index (κ2) is 5.77. The van der Waals surface area contributed by atoms with E-state index in [4.69, 9.17) is 16.1 Å². The molecule has 0 fully saturated rings. The number of thioether (sulfide) groups is 1. The van der Waals surface area contributed by atoms with Crippen molar-refractivity contribution in [1.82, 2.24) is 10.1 Å². The largest absolute Gasteiger partial charge is 0.355 e. The number of hydrogen-bond acceptors (Lipinski definition) is 5. The Morgan fingerprint density at radius 1 is 1.32 bits per heavy atom. The smallest absolute Gasteiger partial charge is 0.177 e. The summed E-state index contributed by atoms with van der Waals surface area (Å²) in [5.41, 5.74) is 0.908. The molecule has 19 heavy (non-hydrogen) atoms. The Balaban J connectivity index is 1.66. The van der Waals surface area contributed by atoms with Crippen LogP contribution in [0.4, 0.5) is 0 Å². The number of pyridine rings is 1. The maximum atomic E-state index is 5.79. The van der Waals surface area contributed by atoms with Crippen molar-refractivity contribution >= 4 is 34.7 Å². The van der Waals surface area contributed by atoms with Gasteiger partial charge in [-0.1, -0.05) is 34.6 Å². The number of rotatable bonds is 4. The molecule has 3 aromatic rings. The molecule has 0 aromatic carbocycles. The minimum absolute atomic E-state index is 0.644. The molecule has 96 valence electrons. The third kappa shape index (κ3) is 3.18. The molecule has 3 heterocycles. The second-order valence-corrected chi connectivity index (χ2v) is 6.14. The first-order valence-electron chi connectivity index (χ1n) is 5.55. The average Bonchev–Trinajstić information content (AvgIpc) is 3.09. The van der Waals surface area contributed by atoms with Crippen molar-refractivity contribution in [3.05, 3.63) is 52.6 Å². The van der Waals surface area contributed by atoms with Gasteiger partial charge in [-0.05, 0) is 23.6 Å². The van der Waals surface area contributed by atoms with Crippen molar-refractivity contribution in [2.45, 2.75) is 10.8 Å². The van der Waals surface area contributed by atoms with Gasteiger partial charge in [0.25, 0.3) is 0 Å². The molecule has 0 saturated carbocycles. The summed E-state index contributed by atoms with van der Waals surface area (Å²) in [7, 11) is 0. The molecule has 3 rings (SSSR count). The highest BCUT2D eigenvalue weighted by molar-refractivity contribution is 7.98. The van der Waals surface area contributed by atoms with Crippen LogP contribution in [-0.2, 0) is 5.75 Å². The van der Waals surface area contributed by atoms with Gasteiger partial charge in [0.1, 0.15) is 0 Å². The Kier molecular flexibility index (Phi) is 3.87. The summed E-state index contributed by atoms with van der Waals surface area (Å²) < 4.78 is 5.32. The van der Waals surface area contributed by atoms with Gasteiger partial charge in [-0.15, -0.1) is 11.3 Å². The van der Waals surface area contributed by atoms with E-state index < -0.39 is 0 Å². The van der Waals surface area contributed by atoms with Crippen molar-refractivity contribution < 1.29 is 4.52 Å². The van der Waals surface area contributed by atoms with E-state index >= 15 is 0 Å². The summed E-state index contributed by atoms with van der Waals surface area (Å²) >= 11 is 9.03. The topological polar surface area (TPSA) is 38.9 Å². The molecule has 0 atom stereocenters. The van der Waals surface area contributed by atoms with Crippen molar-refractivity contribution in [3.8, 4) is 10.6 Å². The van der Waals surface area contributed by atoms with Gasteiger partial charge in [0.2, 0.25) is 0 Å². The highest BCUT2D eigenvalue weighted by Crippen LogP contribution is 2.27. The van der Waals surface area contributed by atoms with Crippen molar-refractivity contribution in [2.24, 2.45) is 0 Å². The molecule has 0 radical (unpaired) electrons. The standard InChI is InChI=1S/C13H9ClN2OS2/c14-9-3-4-13(15-7-9)19-8-10-6-11(17-16-10)12-2-1-5-18-12/h1-7H,8H2. The molecule has 3 nitrogen and oxygen atoms in total. The Hall–Kier alpha value is -1.30. The van der Waals surface area contributed by atoms with Gasteiger partial charge in [-0.2, -0.15) is 0 Å². The van der Waals surface area contributed by atoms with E-state index in [1.807, 2.05) is 35.7 Å².